The van der Waals surface area contributed by atoms with Gasteiger partial charge in [-0.1, -0.05) is 0 Å². The molecular weight excluding hydrogens is 258 g/mol. The first kappa shape index (κ1) is 14.5. The molecule has 0 aliphatic heterocycles. The molecule has 0 aromatic carbocycles. The van der Waals surface area contributed by atoms with Crippen molar-refractivity contribution >= 4 is 0 Å². The molecule has 0 nitrogen and oxygen atoms in total. The minimum Gasteiger partial charge on any atom is -1.00 e. The molecule has 1 aliphatic carbocycles. The summed E-state index contributed by atoms with van der Waals surface area (Å²) in [6.07, 6.45) is 5.95. The molecule has 0 fully saturated rings. The van der Waals surface area contributed by atoms with Crippen LogP contribution in [-0.2, 0) is 24.7 Å². The average Bonchev–Trinajstić information content (AvgIpc) is 2.10. The Hall–Kier alpha value is 0.943. The van der Waals surface area contributed by atoms with Gasteiger partial charge in [-0.3, -0.25) is 0 Å². The third kappa shape index (κ3) is 3.92. The van der Waals surface area contributed by atoms with E-state index in [4.69, 9.17) is 0 Å². The van der Waals surface area contributed by atoms with Crippen molar-refractivity contribution in [3.63, 3.8) is 0 Å². The molecular formula is C8H11Cl2Zr. The van der Waals surface area contributed by atoms with Crippen molar-refractivity contribution in [1.29, 1.82) is 0 Å². The van der Waals surface area contributed by atoms with Crippen LogP contribution < -0.4 is 24.8 Å². The molecule has 0 radical (unpaired) electrons. The SMILES string of the molecule is CCC1C=C(C)C=[C]1[Zr+2].[Cl-].[Cl-]. The quantitative estimate of drug-likeness (QED) is 0.462. The van der Waals surface area contributed by atoms with Gasteiger partial charge < -0.3 is 24.8 Å². The number of hydrogen-bond acceptors (Lipinski definition) is 0. The van der Waals surface area contributed by atoms with E-state index in [-0.39, 0.29) is 24.8 Å². The van der Waals surface area contributed by atoms with Gasteiger partial charge in [0, 0.05) is 0 Å². The number of halogens is 2. The first-order valence-corrected chi connectivity index (χ1v) is 4.58. The Balaban J connectivity index is 0. The van der Waals surface area contributed by atoms with Gasteiger partial charge in [-0.05, 0) is 0 Å². The minimum absolute atomic E-state index is 0. The molecule has 0 heterocycles. The minimum atomic E-state index is 0. The molecule has 1 rings (SSSR count). The molecule has 0 N–H and O–H groups in total. The molecule has 11 heavy (non-hydrogen) atoms. The number of allylic oxidation sites excluding steroid dienone is 4. The zero-order valence-corrected chi connectivity index (χ0v) is 10.7. The van der Waals surface area contributed by atoms with E-state index in [9.17, 15) is 0 Å². The Morgan fingerprint density at radius 2 is 2.00 bits per heavy atom. The summed E-state index contributed by atoms with van der Waals surface area (Å²) in [5, 5.41) is 0. The fourth-order valence-electron chi connectivity index (χ4n) is 1.15. The second-order valence-corrected chi connectivity index (χ2v) is 3.94. The van der Waals surface area contributed by atoms with Crippen molar-refractivity contribution in [2.45, 2.75) is 20.3 Å². The molecule has 1 atom stereocenters. The Labute approximate surface area is 96.2 Å². The topological polar surface area (TPSA) is 0 Å². The van der Waals surface area contributed by atoms with Crippen LogP contribution in [0.5, 0.6) is 0 Å². The number of rotatable bonds is 1. The summed E-state index contributed by atoms with van der Waals surface area (Å²) in [6.45, 7) is 4.43. The van der Waals surface area contributed by atoms with Gasteiger partial charge in [0.05, 0.1) is 0 Å². The van der Waals surface area contributed by atoms with E-state index in [1.54, 1.807) is 28.0 Å². The van der Waals surface area contributed by atoms with Crippen LogP contribution in [0.15, 0.2) is 21.0 Å². The van der Waals surface area contributed by atoms with E-state index in [0.717, 1.165) is 5.92 Å². The van der Waals surface area contributed by atoms with Crippen LogP contribution in [-0.4, -0.2) is 0 Å². The summed E-state index contributed by atoms with van der Waals surface area (Å²) < 4.78 is 1.61. The van der Waals surface area contributed by atoms with E-state index in [1.165, 1.54) is 12.0 Å². The van der Waals surface area contributed by atoms with Crippen molar-refractivity contribution in [2.75, 3.05) is 0 Å². The fraction of sp³-hybridized carbons (Fsp3) is 0.500. The zero-order chi connectivity index (χ0) is 6.85. The molecule has 0 amide bonds. The molecule has 0 saturated heterocycles. The van der Waals surface area contributed by atoms with E-state index in [0.29, 0.717) is 0 Å². The molecule has 3 heteroatoms. The summed E-state index contributed by atoms with van der Waals surface area (Å²) >= 11 is 1.58. The molecule has 61 valence electrons. The van der Waals surface area contributed by atoms with Crippen molar-refractivity contribution in [1.82, 2.24) is 0 Å². The third-order valence-corrected chi connectivity index (χ3v) is 2.95. The maximum atomic E-state index is 2.37. The largest absolute Gasteiger partial charge is 1.00 e. The van der Waals surface area contributed by atoms with Crippen molar-refractivity contribution in [3.8, 4) is 0 Å². The Kier molecular flexibility index (Phi) is 8.49. The Morgan fingerprint density at radius 3 is 2.18 bits per heavy atom. The van der Waals surface area contributed by atoms with Crippen LogP contribution in [0.2, 0.25) is 0 Å². The van der Waals surface area contributed by atoms with Crippen molar-refractivity contribution in [2.24, 2.45) is 5.92 Å². The Bertz CT molecular complexity index is 173. The van der Waals surface area contributed by atoms with Crippen LogP contribution in [0.25, 0.3) is 0 Å². The van der Waals surface area contributed by atoms with Crippen LogP contribution >= 0.6 is 0 Å². The zero-order valence-electron chi connectivity index (χ0n) is 6.70. The third-order valence-electron chi connectivity index (χ3n) is 1.69. The molecule has 0 saturated carbocycles. The van der Waals surface area contributed by atoms with Crippen molar-refractivity contribution in [3.05, 3.63) is 21.0 Å². The van der Waals surface area contributed by atoms with E-state index in [2.05, 4.69) is 26.0 Å². The summed E-state index contributed by atoms with van der Waals surface area (Å²) in [7, 11) is 0. The van der Waals surface area contributed by atoms with Gasteiger partial charge in [-0.2, -0.15) is 0 Å². The van der Waals surface area contributed by atoms with E-state index in [1.807, 2.05) is 0 Å². The van der Waals surface area contributed by atoms with E-state index < -0.39 is 0 Å². The number of hydrogen-bond donors (Lipinski definition) is 0. The van der Waals surface area contributed by atoms with Crippen LogP contribution in [0, 0.1) is 5.92 Å². The van der Waals surface area contributed by atoms with Gasteiger partial charge in [0.1, 0.15) is 0 Å². The maximum absolute atomic E-state index is 2.37. The molecule has 0 bridgehead atoms. The van der Waals surface area contributed by atoms with Gasteiger partial charge in [-0.15, -0.1) is 0 Å². The fourth-order valence-corrected chi connectivity index (χ4v) is 2.41. The smallest absolute Gasteiger partial charge is 1.00 e. The summed E-state index contributed by atoms with van der Waals surface area (Å²) in [4.78, 5) is 0. The van der Waals surface area contributed by atoms with Crippen LogP contribution in [0.3, 0.4) is 0 Å². The molecule has 1 aliphatic rings. The first-order valence-electron chi connectivity index (χ1n) is 3.35. The summed E-state index contributed by atoms with van der Waals surface area (Å²) in [5.41, 5.74) is 1.45. The van der Waals surface area contributed by atoms with Gasteiger partial charge in [0.2, 0.25) is 0 Å². The second-order valence-electron chi connectivity index (χ2n) is 2.53. The van der Waals surface area contributed by atoms with Crippen LogP contribution in [0.4, 0.5) is 0 Å². The molecule has 0 aromatic heterocycles. The predicted molar refractivity (Wildman–Crippen MR) is 35.6 cm³/mol. The monoisotopic (exact) mass is 267 g/mol. The second kappa shape index (κ2) is 6.46. The normalized spacial score (nSPS) is 21.3. The standard InChI is InChI=1S/C8H11.2ClH.Zr/c1-3-8-5-4-7(2)6-8;;;/h4,6,8H,3H2,1-2H3;2*1H;/q;;;+2/p-2. The van der Waals surface area contributed by atoms with Gasteiger partial charge in [0.15, 0.2) is 0 Å². The van der Waals surface area contributed by atoms with E-state index >= 15 is 0 Å². The average molecular weight is 269 g/mol. The van der Waals surface area contributed by atoms with Crippen LogP contribution in [0.1, 0.15) is 20.3 Å². The van der Waals surface area contributed by atoms with Gasteiger partial charge >= 0.3 is 71.9 Å². The van der Waals surface area contributed by atoms with Crippen molar-refractivity contribution < 1.29 is 49.5 Å². The summed E-state index contributed by atoms with van der Waals surface area (Å²) in [5.74, 6) is 0.781. The van der Waals surface area contributed by atoms with Gasteiger partial charge in [-0.25, -0.2) is 0 Å². The van der Waals surface area contributed by atoms with Gasteiger partial charge in [0.25, 0.3) is 0 Å². The molecule has 0 aromatic rings. The molecule has 1 unspecified atom stereocenters. The summed E-state index contributed by atoms with van der Waals surface area (Å²) in [6, 6.07) is 0. The predicted octanol–water partition coefficient (Wildman–Crippen LogP) is -3.59. The first-order chi connectivity index (χ1) is 4.24. The maximum Gasteiger partial charge on any atom is -1.00 e. The Morgan fingerprint density at radius 1 is 1.45 bits per heavy atom. The molecule has 0 spiro atoms.